The Morgan fingerprint density at radius 3 is 2.85 bits per heavy atom. The van der Waals surface area contributed by atoms with Crippen molar-refractivity contribution in [3.8, 4) is 0 Å². The van der Waals surface area contributed by atoms with Gasteiger partial charge in [0.05, 0.1) is 24.7 Å². The molecule has 1 aliphatic heterocycles. The van der Waals surface area contributed by atoms with Crippen LogP contribution in [0.4, 0.5) is 0 Å². The molecule has 1 aliphatic rings. The van der Waals surface area contributed by atoms with Gasteiger partial charge in [0.25, 0.3) is 0 Å². The van der Waals surface area contributed by atoms with Crippen LogP contribution in [0.25, 0.3) is 5.65 Å². The van der Waals surface area contributed by atoms with Crippen molar-refractivity contribution in [2.75, 3.05) is 19.6 Å². The third kappa shape index (κ3) is 4.86. The zero-order chi connectivity index (χ0) is 19.6. The van der Waals surface area contributed by atoms with Gasteiger partial charge in [0.1, 0.15) is 5.65 Å². The van der Waals surface area contributed by atoms with Crippen LogP contribution < -0.4 is 10.6 Å². The molecule has 1 saturated heterocycles. The summed E-state index contributed by atoms with van der Waals surface area (Å²) in [5.41, 5.74) is 2.83. The lowest BCUT2D eigenvalue weighted by atomic mass is 9.94. The van der Waals surface area contributed by atoms with Crippen LogP contribution in [0, 0.1) is 12.3 Å². The van der Waals surface area contributed by atoms with Crippen molar-refractivity contribution in [1.29, 1.82) is 0 Å². The number of fused-ring (bicyclic) bond motifs is 1. The van der Waals surface area contributed by atoms with Crippen molar-refractivity contribution in [2.24, 2.45) is 5.41 Å². The number of imidazole rings is 1. The zero-order valence-electron chi connectivity index (χ0n) is 16.6. The molecule has 146 valence electrons. The molecular formula is C20H29N5O2. The molecule has 0 saturated carbocycles. The Kier molecular flexibility index (Phi) is 5.51. The van der Waals surface area contributed by atoms with E-state index < -0.39 is 6.04 Å². The van der Waals surface area contributed by atoms with E-state index in [2.05, 4.69) is 41.3 Å². The van der Waals surface area contributed by atoms with Gasteiger partial charge in [-0.25, -0.2) is 4.98 Å². The maximum absolute atomic E-state index is 12.5. The van der Waals surface area contributed by atoms with Crippen molar-refractivity contribution >= 4 is 17.5 Å². The van der Waals surface area contributed by atoms with Gasteiger partial charge in [-0.3, -0.25) is 14.5 Å². The highest BCUT2D eigenvalue weighted by molar-refractivity contribution is 5.88. The number of rotatable bonds is 5. The molecule has 7 nitrogen and oxygen atoms in total. The van der Waals surface area contributed by atoms with Crippen LogP contribution in [-0.2, 0) is 16.1 Å². The number of nitrogens with zero attached hydrogens (tertiary/aromatic N) is 3. The molecule has 1 atom stereocenters. The highest BCUT2D eigenvalue weighted by Crippen LogP contribution is 2.19. The van der Waals surface area contributed by atoms with Gasteiger partial charge >= 0.3 is 0 Å². The van der Waals surface area contributed by atoms with E-state index >= 15 is 0 Å². The number of pyridine rings is 1. The van der Waals surface area contributed by atoms with E-state index in [1.54, 1.807) is 0 Å². The molecule has 7 heteroatoms. The number of nitrogens with one attached hydrogen (secondary N) is 2. The van der Waals surface area contributed by atoms with Gasteiger partial charge in [-0.15, -0.1) is 0 Å². The molecule has 1 unspecified atom stereocenters. The van der Waals surface area contributed by atoms with E-state index in [4.69, 9.17) is 0 Å². The van der Waals surface area contributed by atoms with Crippen LogP contribution in [0.1, 0.15) is 38.6 Å². The fraction of sp³-hybridized carbons (Fsp3) is 0.550. The number of piperazine rings is 1. The lowest BCUT2D eigenvalue weighted by Crippen LogP contribution is -2.58. The Morgan fingerprint density at radius 2 is 2.15 bits per heavy atom. The largest absolute Gasteiger partial charge is 0.353 e. The average molecular weight is 371 g/mol. The highest BCUT2D eigenvalue weighted by atomic mass is 16.2. The summed E-state index contributed by atoms with van der Waals surface area (Å²) >= 11 is 0. The number of hydrogen-bond acceptors (Lipinski definition) is 4. The first-order valence-corrected chi connectivity index (χ1v) is 9.45. The fourth-order valence-corrected chi connectivity index (χ4v) is 3.50. The van der Waals surface area contributed by atoms with Gasteiger partial charge < -0.3 is 15.0 Å². The smallest absolute Gasteiger partial charge is 0.237 e. The monoisotopic (exact) mass is 371 g/mol. The lowest BCUT2D eigenvalue weighted by Gasteiger charge is -2.38. The van der Waals surface area contributed by atoms with Gasteiger partial charge in [-0.05, 0) is 24.5 Å². The Hall–Kier alpha value is -2.41. The topological polar surface area (TPSA) is 78.7 Å². The van der Waals surface area contributed by atoms with Gasteiger partial charge in [-0.1, -0.05) is 26.8 Å². The second kappa shape index (κ2) is 7.68. The van der Waals surface area contributed by atoms with Crippen molar-refractivity contribution in [3.05, 3.63) is 35.8 Å². The molecule has 1 fully saturated rings. The zero-order valence-corrected chi connectivity index (χ0v) is 16.6. The summed E-state index contributed by atoms with van der Waals surface area (Å²) in [5.74, 6) is -0.200. The van der Waals surface area contributed by atoms with Gasteiger partial charge in [0.2, 0.25) is 11.8 Å². The molecule has 2 N–H and O–H groups in total. The molecule has 3 heterocycles. The summed E-state index contributed by atoms with van der Waals surface area (Å²) < 4.78 is 2.00. The van der Waals surface area contributed by atoms with Gasteiger partial charge in [0, 0.05) is 31.5 Å². The number of hydrogen-bond donors (Lipinski definition) is 2. The van der Waals surface area contributed by atoms with Crippen LogP contribution in [-0.4, -0.2) is 51.8 Å². The number of carbonyl (C=O) groups is 2. The van der Waals surface area contributed by atoms with E-state index in [-0.39, 0.29) is 23.7 Å². The second-order valence-electron chi connectivity index (χ2n) is 8.45. The second-order valence-corrected chi connectivity index (χ2v) is 8.45. The molecule has 0 aliphatic carbocycles. The molecular weight excluding hydrogens is 342 g/mol. The molecule has 2 aromatic heterocycles. The molecule has 2 amide bonds. The minimum absolute atomic E-state index is 0.0657. The summed E-state index contributed by atoms with van der Waals surface area (Å²) in [6.07, 6.45) is 2.10. The van der Waals surface area contributed by atoms with Crippen LogP contribution >= 0.6 is 0 Å². The number of aromatic nitrogens is 2. The lowest BCUT2D eigenvalue weighted by molar-refractivity contribution is -0.134. The summed E-state index contributed by atoms with van der Waals surface area (Å²) in [6, 6.07) is 5.50. The van der Waals surface area contributed by atoms with Crippen molar-refractivity contribution in [2.45, 2.75) is 46.7 Å². The first-order valence-electron chi connectivity index (χ1n) is 9.45. The summed E-state index contributed by atoms with van der Waals surface area (Å²) in [6.45, 7) is 11.0. The Labute approximate surface area is 160 Å². The van der Waals surface area contributed by atoms with Crippen LogP contribution in [0.5, 0.6) is 0 Å². The highest BCUT2D eigenvalue weighted by Gasteiger charge is 2.33. The minimum Gasteiger partial charge on any atom is -0.353 e. The molecule has 0 aromatic carbocycles. The molecule has 27 heavy (non-hydrogen) atoms. The Morgan fingerprint density at radius 1 is 1.37 bits per heavy atom. The minimum atomic E-state index is -0.415. The van der Waals surface area contributed by atoms with Crippen molar-refractivity contribution in [3.63, 3.8) is 0 Å². The average Bonchev–Trinajstić information content (AvgIpc) is 2.99. The number of aryl methyl sites for hydroxylation is 1. The van der Waals surface area contributed by atoms with Gasteiger partial charge in [-0.2, -0.15) is 0 Å². The SMILES string of the molecule is Cc1cccc2nc(CNC(=O)CC3C(=O)NCCN3CC(C)(C)C)cn12. The quantitative estimate of drug-likeness (QED) is 0.835. The summed E-state index contributed by atoms with van der Waals surface area (Å²) in [5, 5.41) is 5.78. The Balaban J connectivity index is 1.61. The van der Waals surface area contributed by atoms with E-state index in [0.29, 0.717) is 13.1 Å². The van der Waals surface area contributed by atoms with Gasteiger partial charge in [0.15, 0.2) is 0 Å². The van der Waals surface area contributed by atoms with E-state index in [0.717, 1.165) is 30.1 Å². The Bertz CT molecular complexity index is 836. The first kappa shape index (κ1) is 19.4. The predicted molar refractivity (Wildman–Crippen MR) is 104 cm³/mol. The third-order valence-corrected chi connectivity index (χ3v) is 4.71. The standard InChI is InChI=1S/C20H29N5O2/c1-14-6-5-7-17-23-15(12-25(14)17)11-22-18(26)10-16-19(27)21-8-9-24(16)13-20(2,3)4/h5-7,12,16H,8-11,13H2,1-4H3,(H,21,27)(H,22,26). The molecule has 0 spiro atoms. The maximum atomic E-state index is 12.5. The number of carbonyl (C=O) groups excluding carboxylic acids is 2. The van der Waals surface area contributed by atoms with E-state index in [1.807, 2.05) is 35.7 Å². The molecule has 0 bridgehead atoms. The van der Waals surface area contributed by atoms with E-state index in [9.17, 15) is 9.59 Å². The summed E-state index contributed by atoms with van der Waals surface area (Å²) in [7, 11) is 0. The summed E-state index contributed by atoms with van der Waals surface area (Å²) in [4.78, 5) is 31.4. The third-order valence-electron chi connectivity index (χ3n) is 4.71. The normalized spacial score (nSPS) is 18.5. The molecule has 3 rings (SSSR count). The predicted octanol–water partition coefficient (Wildman–Crippen LogP) is 1.50. The van der Waals surface area contributed by atoms with Crippen LogP contribution in [0.3, 0.4) is 0 Å². The van der Waals surface area contributed by atoms with E-state index in [1.165, 1.54) is 0 Å². The first-order chi connectivity index (χ1) is 12.7. The number of amides is 2. The van der Waals surface area contributed by atoms with Crippen LogP contribution in [0.15, 0.2) is 24.4 Å². The maximum Gasteiger partial charge on any atom is 0.237 e. The van der Waals surface area contributed by atoms with Crippen molar-refractivity contribution < 1.29 is 9.59 Å². The fourth-order valence-electron chi connectivity index (χ4n) is 3.50. The molecule has 2 aromatic rings. The van der Waals surface area contributed by atoms with Crippen molar-refractivity contribution in [1.82, 2.24) is 24.9 Å². The van der Waals surface area contributed by atoms with Crippen LogP contribution in [0.2, 0.25) is 0 Å². The molecule has 0 radical (unpaired) electrons.